The molecule has 0 aromatic heterocycles. The van der Waals surface area contributed by atoms with Crippen molar-refractivity contribution in [3.63, 3.8) is 0 Å². The zero-order valence-electron chi connectivity index (χ0n) is 8.31. The predicted octanol–water partition coefficient (Wildman–Crippen LogP) is 1.80. The second-order valence-electron chi connectivity index (χ2n) is 2.74. The number of ether oxygens (including phenoxy) is 2. The highest BCUT2D eigenvalue weighted by Gasteiger charge is 2.11. The van der Waals surface area contributed by atoms with Crippen molar-refractivity contribution in [1.82, 2.24) is 0 Å². The molecule has 0 unspecified atom stereocenters. The summed E-state index contributed by atoms with van der Waals surface area (Å²) in [4.78, 5) is 20.6. The quantitative estimate of drug-likeness (QED) is 0.459. The summed E-state index contributed by atoms with van der Waals surface area (Å²) < 4.78 is 9.35. The molecule has 0 atom stereocenters. The lowest BCUT2D eigenvalue weighted by Crippen LogP contribution is -2.12. The van der Waals surface area contributed by atoms with Crippen LogP contribution in [0, 0.1) is 10.1 Å². The van der Waals surface area contributed by atoms with Crippen molar-refractivity contribution in [3.8, 4) is 5.75 Å². The molecule has 0 radical (unpaired) electrons. The van der Waals surface area contributed by atoms with Crippen LogP contribution < -0.4 is 4.74 Å². The largest absolute Gasteiger partial charge is 0.480 e. The maximum absolute atomic E-state index is 10.8. The van der Waals surface area contributed by atoms with E-state index < -0.39 is 10.9 Å². The van der Waals surface area contributed by atoms with E-state index in [9.17, 15) is 14.9 Å². The molecule has 0 saturated heterocycles. The minimum atomic E-state index is -0.573. The minimum absolute atomic E-state index is 0.0677. The molecular weight excluding hydrogens is 238 g/mol. The second-order valence-corrected chi connectivity index (χ2v) is 3.14. The third-order valence-electron chi connectivity index (χ3n) is 1.70. The van der Waals surface area contributed by atoms with Crippen LogP contribution in [-0.4, -0.2) is 24.6 Å². The van der Waals surface area contributed by atoms with Gasteiger partial charge in [0.25, 0.3) is 5.69 Å². The fraction of sp³-hybridized carbons (Fsp3) is 0.222. The Labute approximate surface area is 95.9 Å². The molecule has 0 bridgehead atoms. The average Bonchev–Trinajstić information content (AvgIpc) is 2.26. The summed E-state index contributed by atoms with van der Waals surface area (Å²) >= 11 is 5.72. The molecule has 0 aliphatic carbocycles. The molecule has 0 N–H and O–H groups in total. The minimum Gasteiger partial charge on any atom is -0.480 e. The smallest absolute Gasteiger partial charge is 0.343 e. The van der Waals surface area contributed by atoms with Crippen molar-refractivity contribution in [2.24, 2.45) is 0 Å². The van der Waals surface area contributed by atoms with Crippen LogP contribution in [0.15, 0.2) is 18.2 Å². The first-order valence-electron chi connectivity index (χ1n) is 4.18. The van der Waals surface area contributed by atoms with Gasteiger partial charge in [-0.1, -0.05) is 11.6 Å². The first kappa shape index (κ1) is 12.3. The van der Waals surface area contributed by atoms with Crippen molar-refractivity contribution < 1.29 is 19.2 Å². The average molecular weight is 246 g/mol. The number of non-ortho nitro benzene ring substituents is 1. The molecule has 1 aromatic rings. The highest BCUT2D eigenvalue weighted by atomic mass is 35.5. The number of esters is 1. The summed E-state index contributed by atoms with van der Waals surface area (Å²) in [6, 6.07) is 3.70. The first-order valence-corrected chi connectivity index (χ1v) is 4.56. The van der Waals surface area contributed by atoms with E-state index in [0.29, 0.717) is 0 Å². The maximum Gasteiger partial charge on any atom is 0.343 e. The topological polar surface area (TPSA) is 78.7 Å². The van der Waals surface area contributed by atoms with Crippen LogP contribution in [0.4, 0.5) is 5.69 Å². The number of carbonyl (C=O) groups excluding carboxylic acids is 1. The molecule has 7 heteroatoms. The summed E-state index contributed by atoms with van der Waals surface area (Å²) in [7, 11) is 1.23. The molecule has 0 fully saturated rings. The van der Waals surface area contributed by atoms with E-state index in [2.05, 4.69) is 4.74 Å². The number of nitro groups is 1. The summed E-state index contributed by atoms with van der Waals surface area (Å²) in [6.07, 6.45) is 0. The van der Waals surface area contributed by atoms with Gasteiger partial charge < -0.3 is 9.47 Å². The summed E-state index contributed by atoms with van der Waals surface area (Å²) in [5, 5.41) is 10.5. The molecule has 1 aromatic carbocycles. The summed E-state index contributed by atoms with van der Waals surface area (Å²) in [5.41, 5.74) is -0.143. The number of rotatable bonds is 4. The number of halogens is 1. The number of hydrogen-bond acceptors (Lipinski definition) is 5. The lowest BCUT2D eigenvalue weighted by atomic mass is 10.3. The van der Waals surface area contributed by atoms with Gasteiger partial charge >= 0.3 is 5.97 Å². The van der Waals surface area contributed by atoms with Gasteiger partial charge in [-0.15, -0.1) is 0 Å². The van der Waals surface area contributed by atoms with Crippen LogP contribution in [0.3, 0.4) is 0 Å². The highest BCUT2D eigenvalue weighted by Crippen LogP contribution is 2.28. The first-order chi connectivity index (χ1) is 7.54. The molecule has 16 heavy (non-hydrogen) atoms. The van der Waals surface area contributed by atoms with Gasteiger partial charge in [0.15, 0.2) is 6.61 Å². The van der Waals surface area contributed by atoms with E-state index in [1.54, 1.807) is 0 Å². The van der Waals surface area contributed by atoms with E-state index in [1.807, 2.05) is 0 Å². The van der Waals surface area contributed by atoms with Crippen molar-refractivity contribution in [3.05, 3.63) is 33.3 Å². The summed E-state index contributed by atoms with van der Waals surface area (Å²) in [5.74, 6) is -0.368. The Morgan fingerprint density at radius 2 is 2.25 bits per heavy atom. The fourth-order valence-corrected chi connectivity index (χ4v) is 1.15. The van der Waals surface area contributed by atoms with Crippen LogP contribution in [0.5, 0.6) is 5.75 Å². The Hall–Kier alpha value is -1.82. The van der Waals surface area contributed by atoms with Gasteiger partial charge in [-0.05, 0) is 6.07 Å². The van der Waals surface area contributed by atoms with Gasteiger partial charge in [0.2, 0.25) is 0 Å². The van der Waals surface area contributed by atoms with Crippen LogP contribution >= 0.6 is 11.6 Å². The highest BCUT2D eigenvalue weighted by molar-refractivity contribution is 6.32. The number of carbonyl (C=O) groups is 1. The van der Waals surface area contributed by atoms with Gasteiger partial charge in [0.05, 0.1) is 17.1 Å². The number of methoxy groups -OCH3 is 1. The molecule has 1 rings (SSSR count). The Morgan fingerprint density at radius 3 is 2.75 bits per heavy atom. The van der Waals surface area contributed by atoms with Gasteiger partial charge in [-0.3, -0.25) is 10.1 Å². The molecule has 6 nitrogen and oxygen atoms in total. The molecule has 0 saturated carbocycles. The van der Waals surface area contributed by atoms with Crippen molar-refractivity contribution in [1.29, 1.82) is 0 Å². The number of nitrogens with zero attached hydrogens (tertiary/aromatic N) is 1. The normalized spacial score (nSPS) is 9.62. The number of nitro benzene ring substituents is 1. The standard InChI is InChI=1S/C9H8ClNO5/c1-15-9(12)5-16-8-3-2-6(11(13)14)4-7(8)10/h2-4H,5H2,1H3. The van der Waals surface area contributed by atoms with Gasteiger partial charge in [-0.2, -0.15) is 0 Å². The van der Waals surface area contributed by atoms with Gasteiger partial charge in [0.1, 0.15) is 5.75 Å². The van der Waals surface area contributed by atoms with Gasteiger partial charge in [-0.25, -0.2) is 4.79 Å². The van der Waals surface area contributed by atoms with Crippen molar-refractivity contribution in [2.75, 3.05) is 13.7 Å². The lowest BCUT2D eigenvalue weighted by Gasteiger charge is -2.05. The SMILES string of the molecule is COC(=O)COc1ccc([N+](=O)[O-])cc1Cl. The molecule has 0 heterocycles. The monoisotopic (exact) mass is 245 g/mol. The number of hydrogen-bond donors (Lipinski definition) is 0. The van der Waals surface area contributed by atoms with Crippen LogP contribution in [0.1, 0.15) is 0 Å². The molecule has 0 aliphatic heterocycles. The van der Waals surface area contributed by atoms with Gasteiger partial charge in [0, 0.05) is 12.1 Å². The predicted molar refractivity (Wildman–Crippen MR) is 55.6 cm³/mol. The molecular formula is C9H8ClNO5. The van der Waals surface area contributed by atoms with E-state index in [0.717, 1.165) is 6.07 Å². The van der Waals surface area contributed by atoms with E-state index >= 15 is 0 Å². The maximum atomic E-state index is 10.8. The number of benzene rings is 1. The lowest BCUT2D eigenvalue weighted by molar-refractivity contribution is -0.384. The van der Waals surface area contributed by atoms with Crippen LogP contribution in [-0.2, 0) is 9.53 Å². The van der Waals surface area contributed by atoms with E-state index in [-0.39, 0.29) is 23.1 Å². The summed E-state index contributed by atoms with van der Waals surface area (Å²) in [6.45, 7) is -0.298. The Balaban J connectivity index is 2.75. The van der Waals surface area contributed by atoms with E-state index in [4.69, 9.17) is 16.3 Å². The fourth-order valence-electron chi connectivity index (χ4n) is 0.916. The van der Waals surface area contributed by atoms with E-state index in [1.165, 1.54) is 19.2 Å². The molecule has 86 valence electrons. The Bertz CT molecular complexity index is 420. The van der Waals surface area contributed by atoms with Crippen molar-refractivity contribution in [2.45, 2.75) is 0 Å². The Morgan fingerprint density at radius 1 is 1.56 bits per heavy atom. The molecule has 0 aliphatic rings. The molecule has 0 amide bonds. The third kappa shape index (κ3) is 3.09. The second kappa shape index (κ2) is 5.32. The Kier molecular flexibility index (Phi) is 4.07. The zero-order chi connectivity index (χ0) is 12.1. The van der Waals surface area contributed by atoms with Crippen LogP contribution in [0.25, 0.3) is 0 Å². The third-order valence-corrected chi connectivity index (χ3v) is 1.99. The molecule has 0 spiro atoms. The van der Waals surface area contributed by atoms with Crippen LogP contribution in [0.2, 0.25) is 5.02 Å². The van der Waals surface area contributed by atoms with Crippen molar-refractivity contribution >= 4 is 23.3 Å². The zero-order valence-corrected chi connectivity index (χ0v) is 9.06.